The zero-order valence-electron chi connectivity index (χ0n) is 9.42. The van der Waals surface area contributed by atoms with Crippen molar-refractivity contribution in [1.29, 1.82) is 0 Å². The van der Waals surface area contributed by atoms with Gasteiger partial charge in [0.05, 0.1) is 0 Å². The molecule has 0 amide bonds. The molecular weight excluding hydrogens is 210 g/mol. The SMILES string of the molecule is CC(Cc1cccc(F)c1F)C(CN)CN. The highest BCUT2D eigenvalue weighted by Crippen LogP contribution is 2.19. The fourth-order valence-corrected chi connectivity index (χ4v) is 1.78. The summed E-state index contributed by atoms with van der Waals surface area (Å²) in [7, 11) is 0. The summed E-state index contributed by atoms with van der Waals surface area (Å²) in [5, 5.41) is 0. The largest absolute Gasteiger partial charge is 0.330 e. The molecular formula is C12H18F2N2. The minimum absolute atomic E-state index is 0.141. The van der Waals surface area contributed by atoms with Gasteiger partial charge in [-0.1, -0.05) is 19.1 Å². The second-order valence-electron chi connectivity index (χ2n) is 4.13. The third-order valence-corrected chi connectivity index (χ3v) is 2.98. The van der Waals surface area contributed by atoms with Crippen LogP contribution in [-0.4, -0.2) is 13.1 Å². The Labute approximate surface area is 94.6 Å². The normalized spacial score (nSPS) is 13.1. The number of hydrogen-bond acceptors (Lipinski definition) is 2. The van der Waals surface area contributed by atoms with Gasteiger partial charge < -0.3 is 11.5 Å². The van der Waals surface area contributed by atoms with Crippen molar-refractivity contribution in [3.8, 4) is 0 Å². The van der Waals surface area contributed by atoms with Gasteiger partial charge >= 0.3 is 0 Å². The summed E-state index contributed by atoms with van der Waals surface area (Å²) in [4.78, 5) is 0. The van der Waals surface area contributed by atoms with E-state index in [1.165, 1.54) is 6.07 Å². The van der Waals surface area contributed by atoms with Crippen LogP contribution in [-0.2, 0) is 6.42 Å². The third-order valence-electron chi connectivity index (χ3n) is 2.98. The Morgan fingerprint density at radius 2 is 1.81 bits per heavy atom. The summed E-state index contributed by atoms with van der Waals surface area (Å²) in [5.74, 6) is -1.28. The average Bonchev–Trinajstić information content (AvgIpc) is 2.26. The van der Waals surface area contributed by atoms with Gasteiger partial charge in [0.2, 0.25) is 0 Å². The van der Waals surface area contributed by atoms with Gasteiger partial charge in [0, 0.05) is 0 Å². The monoisotopic (exact) mass is 228 g/mol. The third kappa shape index (κ3) is 3.00. The molecule has 1 aromatic rings. The average molecular weight is 228 g/mol. The highest BCUT2D eigenvalue weighted by atomic mass is 19.2. The van der Waals surface area contributed by atoms with Crippen molar-refractivity contribution in [2.45, 2.75) is 13.3 Å². The molecule has 0 aromatic heterocycles. The molecule has 16 heavy (non-hydrogen) atoms. The number of nitrogens with two attached hydrogens (primary N) is 2. The van der Waals surface area contributed by atoms with Crippen molar-refractivity contribution in [1.82, 2.24) is 0 Å². The first-order valence-corrected chi connectivity index (χ1v) is 5.43. The molecule has 4 N–H and O–H groups in total. The van der Waals surface area contributed by atoms with E-state index in [0.717, 1.165) is 6.07 Å². The Bertz CT molecular complexity index is 338. The number of hydrogen-bond donors (Lipinski definition) is 2. The van der Waals surface area contributed by atoms with Gasteiger partial charge in [-0.2, -0.15) is 0 Å². The zero-order chi connectivity index (χ0) is 12.1. The summed E-state index contributed by atoms with van der Waals surface area (Å²) < 4.78 is 26.4. The Hall–Kier alpha value is -1.00. The standard InChI is InChI=1S/C12H18F2N2/c1-8(10(6-15)7-16)5-9-3-2-4-11(13)12(9)14/h2-4,8,10H,5-7,15-16H2,1H3. The van der Waals surface area contributed by atoms with Crippen LogP contribution in [0.2, 0.25) is 0 Å². The van der Waals surface area contributed by atoms with Crippen molar-refractivity contribution in [2.75, 3.05) is 13.1 Å². The molecule has 0 heterocycles. The molecule has 90 valence electrons. The molecule has 0 aliphatic heterocycles. The summed E-state index contributed by atoms with van der Waals surface area (Å²) in [6.07, 6.45) is 0.461. The van der Waals surface area contributed by atoms with Crippen LogP contribution < -0.4 is 11.5 Å². The lowest BCUT2D eigenvalue weighted by Gasteiger charge is -2.21. The van der Waals surface area contributed by atoms with Crippen LogP contribution in [0, 0.1) is 23.5 Å². The molecule has 1 atom stereocenters. The number of benzene rings is 1. The van der Waals surface area contributed by atoms with Crippen LogP contribution >= 0.6 is 0 Å². The topological polar surface area (TPSA) is 52.0 Å². The number of halogens is 2. The number of rotatable bonds is 5. The molecule has 1 rings (SSSR count). The van der Waals surface area contributed by atoms with Crippen molar-refractivity contribution in [3.63, 3.8) is 0 Å². The maximum Gasteiger partial charge on any atom is 0.162 e. The maximum atomic E-state index is 13.4. The molecule has 1 unspecified atom stereocenters. The molecule has 0 saturated carbocycles. The molecule has 0 aliphatic rings. The van der Waals surface area contributed by atoms with Crippen molar-refractivity contribution >= 4 is 0 Å². The molecule has 0 bridgehead atoms. The van der Waals surface area contributed by atoms with Crippen LogP contribution in [0.3, 0.4) is 0 Å². The van der Waals surface area contributed by atoms with Gasteiger partial charge in [-0.3, -0.25) is 0 Å². The van der Waals surface area contributed by atoms with Gasteiger partial charge in [-0.15, -0.1) is 0 Å². The minimum atomic E-state index is -0.804. The fourth-order valence-electron chi connectivity index (χ4n) is 1.78. The predicted octanol–water partition coefficient (Wildman–Crippen LogP) is 1.68. The lowest BCUT2D eigenvalue weighted by Crippen LogP contribution is -2.30. The minimum Gasteiger partial charge on any atom is -0.330 e. The van der Waals surface area contributed by atoms with Crippen molar-refractivity contribution in [3.05, 3.63) is 35.4 Å². The van der Waals surface area contributed by atoms with E-state index in [0.29, 0.717) is 25.1 Å². The lowest BCUT2D eigenvalue weighted by molar-refractivity contribution is 0.365. The van der Waals surface area contributed by atoms with Crippen LogP contribution in [0.4, 0.5) is 8.78 Å². The summed E-state index contributed by atoms with van der Waals surface area (Å²) >= 11 is 0. The smallest absolute Gasteiger partial charge is 0.162 e. The Morgan fingerprint density at radius 3 is 2.38 bits per heavy atom. The van der Waals surface area contributed by atoms with E-state index >= 15 is 0 Å². The molecule has 0 saturated heterocycles. The fraction of sp³-hybridized carbons (Fsp3) is 0.500. The Balaban J connectivity index is 2.76. The molecule has 0 radical (unpaired) electrons. The molecule has 0 fully saturated rings. The molecule has 4 heteroatoms. The molecule has 0 spiro atoms. The van der Waals surface area contributed by atoms with E-state index in [9.17, 15) is 8.78 Å². The molecule has 0 aliphatic carbocycles. The van der Waals surface area contributed by atoms with E-state index in [1.54, 1.807) is 6.07 Å². The lowest BCUT2D eigenvalue weighted by atomic mass is 9.88. The first-order chi connectivity index (χ1) is 7.60. The van der Waals surface area contributed by atoms with Gasteiger partial charge in [0.15, 0.2) is 11.6 Å². The first kappa shape index (κ1) is 13.1. The van der Waals surface area contributed by atoms with Crippen molar-refractivity contribution in [2.24, 2.45) is 23.3 Å². The van der Waals surface area contributed by atoms with E-state index < -0.39 is 11.6 Å². The molecule has 1 aromatic carbocycles. The Morgan fingerprint density at radius 1 is 1.19 bits per heavy atom. The predicted molar refractivity (Wildman–Crippen MR) is 60.8 cm³/mol. The van der Waals surface area contributed by atoms with Gasteiger partial charge in [0.1, 0.15) is 0 Å². The molecule has 2 nitrogen and oxygen atoms in total. The van der Waals surface area contributed by atoms with Crippen molar-refractivity contribution < 1.29 is 8.78 Å². The quantitative estimate of drug-likeness (QED) is 0.805. The van der Waals surface area contributed by atoms with Crippen LogP contribution in [0.15, 0.2) is 18.2 Å². The van der Waals surface area contributed by atoms with E-state index in [-0.39, 0.29) is 11.8 Å². The highest BCUT2D eigenvalue weighted by Gasteiger charge is 2.17. The van der Waals surface area contributed by atoms with Gasteiger partial charge in [-0.25, -0.2) is 8.78 Å². The summed E-state index contributed by atoms with van der Waals surface area (Å²) in [6, 6.07) is 4.23. The van der Waals surface area contributed by atoms with Crippen LogP contribution in [0.1, 0.15) is 12.5 Å². The van der Waals surface area contributed by atoms with Gasteiger partial charge in [0.25, 0.3) is 0 Å². The zero-order valence-corrected chi connectivity index (χ0v) is 9.42. The maximum absolute atomic E-state index is 13.4. The van der Waals surface area contributed by atoms with Gasteiger partial charge in [-0.05, 0) is 43.0 Å². The summed E-state index contributed by atoms with van der Waals surface area (Å²) in [5.41, 5.74) is 11.5. The van der Waals surface area contributed by atoms with Crippen LogP contribution in [0.5, 0.6) is 0 Å². The van der Waals surface area contributed by atoms with Crippen LogP contribution in [0.25, 0.3) is 0 Å². The second kappa shape index (κ2) is 5.92. The Kier molecular flexibility index (Phi) is 4.83. The first-order valence-electron chi connectivity index (χ1n) is 5.43. The van der Waals surface area contributed by atoms with E-state index in [1.807, 2.05) is 6.92 Å². The van der Waals surface area contributed by atoms with E-state index in [4.69, 9.17) is 11.5 Å². The highest BCUT2D eigenvalue weighted by molar-refractivity contribution is 5.19. The second-order valence-corrected chi connectivity index (χ2v) is 4.13. The van der Waals surface area contributed by atoms with E-state index in [2.05, 4.69) is 0 Å². The summed E-state index contributed by atoms with van der Waals surface area (Å²) in [6.45, 7) is 2.89.